The van der Waals surface area contributed by atoms with E-state index >= 15 is 0 Å². The molecule has 1 aromatic rings. The Hall–Kier alpha value is -0.710. The highest BCUT2D eigenvalue weighted by atomic mass is 79.9. The minimum Gasteiger partial charge on any atom is -0.312 e. The summed E-state index contributed by atoms with van der Waals surface area (Å²) in [4.78, 5) is -0.637. The van der Waals surface area contributed by atoms with Crippen molar-refractivity contribution in [2.75, 3.05) is 13.6 Å². The van der Waals surface area contributed by atoms with Crippen LogP contribution in [0.3, 0.4) is 0 Å². The van der Waals surface area contributed by atoms with E-state index in [2.05, 4.69) is 21.2 Å². The second-order valence-corrected chi connectivity index (χ2v) is 10.2. The summed E-state index contributed by atoms with van der Waals surface area (Å²) in [6.07, 6.45) is -0.107. The van der Waals surface area contributed by atoms with Gasteiger partial charge in [0.1, 0.15) is 16.5 Å². The van der Waals surface area contributed by atoms with E-state index in [0.29, 0.717) is 12.5 Å². The lowest BCUT2D eigenvalue weighted by atomic mass is 9.88. The zero-order valence-electron chi connectivity index (χ0n) is 15.3. The van der Waals surface area contributed by atoms with Gasteiger partial charge >= 0.3 is 0 Å². The highest BCUT2D eigenvalue weighted by Gasteiger charge is 2.45. The van der Waals surface area contributed by atoms with Crippen molar-refractivity contribution in [3.05, 3.63) is 28.2 Å². The Morgan fingerprint density at radius 3 is 2.37 bits per heavy atom. The Bertz CT molecular complexity index is 781. The molecule has 0 radical (unpaired) electrons. The molecule has 154 valence electrons. The number of likely N-dealkylation sites (N-methyl/N-ethyl adjacent to an activating group) is 1. The van der Waals surface area contributed by atoms with Gasteiger partial charge in [0.15, 0.2) is 0 Å². The van der Waals surface area contributed by atoms with Crippen molar-refractivity contribution in [3.8, 4) is 0 Å². The van der Waals surface area contributed by atoms with Crippen molar-refractivity contribution < 1.29 is 26.0 Å². The maximum absolute atomic E-state index is 14.1. The number of nitrogens with zero attached hydrogens (tertiary/aromatic N) is 1. The number of hydrogen-bond donors (Lipinski definition) is 1. The summed E-state index contributed by atoms with van der Waals surface area (Å²) in [6, 6.07) is 0.467. The topological polar surface area (TPSA) is 49.4 Å². The molecule has 0 saturated heterocycles. The number of benzene rings is 1. The molecule has 27 heavy (non-hydrogen) atoms. The van der Waals surface area contributed by atoms with Crippen LogP contribution in [0, 0.1) is 17.6 Å². The Morgan fingerprint density at radius 1 is 1.26 bits per heavy atom. The van der Waals surface area contributed by atoms with E-state index in [0.717, 1.165) is 10.4 Å². The van der Waals surface area contributed by atoms with E-state index in [9.17, 15) is 26.0 Å². The second kappa shape index (κ2) is 8.34. The van der Waals surface area contributed by atoms with Crippen LogP contribution >= 0.6 is 15.9 Å². The van der Waals surface area contributed by atoms with Crippen molar-refractivity contribution in [2.45, 2.75) is 56.0 Å². The fraction of sp³-hybridized carbons (Fsp3) is 0.647. The first kappa shape index (κ1) is 22.6. The first-order valence-corrected chi connectivity index (χ1v) is 10.8. The zero-order chi connectivity index (χ0) is 20.6. The van der Waals surface area contributed by atoms with Crippen LogP contribution in [0.5, 0.6) is 0 Å². The summed E-state index contributed by atoms with van der Waals surface area (Å²) in [7, 11) is -2.92. The van der Waals surface area contributed by atoms with E-state index in [-0.39, 0.29) is 35.8 Å². The van der Waals surface area contributed by atoms with Crippen molar-refractivity contribution in [1.29, 1.82) is 0 Å². The molecular weight excluding hydrogens is 452 g/mol. The van der Waals surface area contributed by atoms with E-state index in [4.69, 9.17) is 0 Å². The predicted octanol–water partition coefficient (Wildman–Crippen LogP) is 4.15. The monoisotopic (exact) mass is 474 g/mol. The molecule has 0 amide bonds. The Balaban J connectivity index is 2.20. The van der Waals surface area contributed by atoms with Gasteiger partial charge in [0.05, 0.1) is 4.47 Å². The molecule has 1 atom stereocenters. The molecular formula is C17H23BrF4N2O2S. The zero-order valence-corrected chi connectivity index (χ0v) is 17.7. The summed E-state index contributed by atoms with van der Waals surface area (Å²) in [6.45, 7) is 3.97. The van der Waals surface area contributed by atoms with E-state index < -0.39 is 38.5 Å². The summed E-state index contributed by atoms with van der Waals surface area (Å²) in [5, 5.41) is 2.97. The maximum Gasteiger partial charge on any atom is 0.251 e. The fourth-order valence-electron chi connectivity index (χ4n) is 3.07. The quantitative estimate of drug-likeness (QED) is 0.454. The summed E-state index contributed by atoms with van der Waals surface area (Å²) >= 11 is 2.87. The SMILES string of the molecule is CC(C)CC(CNC1CC(F)(F)C1)N(C)S(=O)(=O)c1cc(Br)c(F)cc1F. The van der Waals surface area contributed by atoms with Gasteiger partial charge in [0, 0.05) is 44.6 Å². The molecule has 1 aliphatic rings. The molecule has 1 aliphatic carbocycles. The molecule has 0 heterocycles. The minimum absolute atomic E-state index is 0.127. The van der Waals surface area contributed by atoms with Gasteiger partial charge in [-0.2, -0.15) is 4.31 Å². The van der Waals surface area contributed by atoms with Crippen LogP contribution in [-0.4, -0.2) is 44.3 Å². The van der Waals surface area contributed by atoms with Crippen LogP contribution in [0.25, 0.3) is 0 Å². The second-order valence-electron chi connectivity index (χ2n) is 7.37. The average molecular weight is 475 g/mol. The molecule has 1 fully saturated rings. The first-order valence-electron chi connectivity index (χ1n) is 8.57. The maximum atomic E-state index is 14.1. The van der Waals surface area contributed by atoms with Gasteiger partial charge in [0.2, 0.25) is 10.0 Å². The van der Waals surface area contributed by atoms with Crippen molar-refractivity contribution in [2.24, 2.45) is 5.92 Å². The largest absolute Gasteiger partial charge is 0.312 e. The number of halogens is 5. The lowest BCUT2D eigenvalue weighted by molar-refractivity contribution is -0.0932. The molecule has 1 saturated carbocycles. The number of alkyl halides is 2. The van der Waals surface area contributed by atoms with E-state index in [1.165, 1.54) is 7.05 Å². The molecule has 0 spiro atoms. The van der Waals surface area contributed by atoms with Gasteiger partial charge in [-0.15, -0.1) is 0 Å². The highest BCUT2D eigenvalue weighted by Crippen LogP contribution is 2.37. The summed E-state index contributed by atoms with van der Waals surface area (Å²) in [5.74, 6) is -4.63. The Kier molecular flexibility index (Phi) is 6.98. The third-order valence-electron chi connectivity index (χ3n) is 4.62. The third kappa shape index (κ3) is 5.42. The Labute approximate surface area is 165 Å². The number of hydrogen-bond acceptors (Lipinski definition) is 3. The number of rotatable bonds is 8. The number of nitrogens with one attached hydrogen (secondary N) is 1. The van der Waals surface area contributed by atoms with Crippen molar-refractivity contribution in [3.63, 3.8) is 0 Å². The highest BCUT2D eigenvalue weighted by molar-refractivity contribution is 9.10. The lowest BCUT2D eigenvalue weighted by Crippen LogP contribution is -2.53. The smallest absolute Gasteiger partial charge is 0.251 e. The molecule has 1 unspecified atom stereocenters. The Morgan fingerprint density at radius 2 is 1.85 bits per heavy atom. The molecule has 1 aromatic carbocycles. The molecule has 0 bridgehead atoms. The normalized spacial score (nSPS) is 18.7. The minimum atomic E-state index is -4.24. The van der Waals surface area contributed by atoms with Crippen molar-refractivity contribution >= 4 is 26.0 Å². The van der Waals surface area contributed by atoms with E-state index in [1.807, 2.05) is 13.8 Å². The van der Waals surface area contributed by atoms with Gasteiger partial charge in [-0.1, -0.05) is 13.8 Å². The van der Waals surface area contributed by atoms with Crippen LogP contribution in [0.1, 0.15) is 33.1 Å². The first-order chi connectivity index (χ1) is 12.3. The van der Waals surface area contributed by atoms with Crippen LogP contribution in [0.2, 0.25) is 0 Å². The van der Waals surface area contributed by atoms with Crippen LogP contribution in [0.15, 0.2) is 21.5 Å². The van der Waals surface area contributed by atoms with Crippen LogP contribution in [-0.2, 0) is 10.0 Å². The average Bonchev–Trinajstić information content (AvgIpc) is 2.51. The molecule has 2 rings (SSSR count). The third-order valence-corrected chi connectivity index (χ3v) is 7.15. The molecule has 4 nitrogen and oxygen atoms in total. The predicted molar refractivity (Wildman–Crippen MR) is 98.2 cm³/mol. The number of sulfonamides is 1. The molecule has 0 aromatic heterocycles. The molecule has 10 heteroatoms. The van der Waals surface area contributed by atoms with Gasteiger partial charge in [-0.05, 0) is 34.3 Å². The summed E-state index contributed by atoms with van der Waals surface area (Å²) in [5.41, 5.74) is 0. The fourth-order valence-corrected chi connectivity index (χ4v) is 5.00. The van der Waals surface area contributed by atoms with Gasteiger partial charge in [-0.25, -0.2) is 26.0 Å². The van der Waals surface area contributed by atoms with Gasteiger partial charge < -0.3 is 5.32 Å². The molecule has 0 aliphatic heterocycles. The standard InChI is InChI=1S/C17H23BrF4N2O2S/c1-10(2)4-12(9-23-11-7-17(21,22)8-11)24(3)27(25,26)16-5-13(18)14(19)6-15(16)20/h5-6,10-12,23H,4,7-9H2,1-3H3. The van der Waals surface area contributed by atoms with Gasteiger partial charge in [-0.3, -0.25) is 0 Å². The lowest BCUT2D eigenvalue weighted by Gasteiger charge is -2.37. The molecule has 1 N–H and O–H groups in total. The summed E-state index contributed by atoms with van der Waals surface area (Å²) < 4.78 is 80.1. The van der Waals surface area contributed by atoms with Crippen LogP contribution in [0.4, 0.5) is 17.6 Å². The van der Waals surface area contributed by atoms with E-state index in [1.54, 1.807) is 0 Å². The van der Waals surface area contributed by atoms with Gasteiger partial charge in [0.25, 0.3) is 5.92 Å². The van der Waals surface area contributed by atoms with Crippen LogP contribution < -0.4 is 5.32 Å². The van der Waals surface area contributed by atoms with Crippen molar-refractivity contribution in [1.82, 2.24) is 9.62 Å².